The summed E-state index contributed by atoms with van der Waals surface area (Å²) in [5, 5.41) is 19.8. The highest BCUT2D eigenvalue weighted by Gasteiger charge is 3.02. The molecule has 0 spiro atoms. The molecule has 1 aliphatic heterocycles. The van der Waals surface area contributed by atoms with Crippen molar-refractivity contribution in [3.8, 4) is 12.1 Å². The first-order valence-electron chi connectivity index (χ1n) is 7.51. The van der Waals surface area contributed by atoms with Crippen LogP contribution in [0.15, 0.2) is 0 Å². The van der Waals surface area contributed by atoms with Crippen LogP contribution in [0.2, 0.25) is 0 Å². The van der Waals surface area contributed by atoms with Gasteiger partial charge in [0.15, 0.2) is 10.8 Å². The topological polar surface area (TPSA) is 106 Å². The normalized spacial score (nSPS) is 34.5. The quantitative estimate of drug-likeness (QED) is 0.670. The summed E-state index contributed by atoms with van der Waals surface area (Å²) in [5.41, 5.74) is 3.42. The van der Waals surface area contributed by atoms with Crippen molar-refractivity contribution >= 4 is 5.84 Å². The molecule has 1 saturated carbocycles. The zero-order valence-electron chi connectivity index (χ0n) is 13.1. The molecule has 6 nitrogen and oxygen atoms in total. The van der Waals surface area contributed by atoms with E-state index in [0.717, 1.165) is 0 Å². The molecule has 1 aliphatic carbocycles. The minimum Gasteiger partial charge on any atom is -0.314 e. The van der Waals surface area contributed by atoms with Crippen LogP contribution in [0.5, 0.6) is 0 Å². The van der Waals surface area contributed by atoms with Crippen LogP contribution >= 0.6 is 0 Å². The molecule has 1 fully saturated rings. The Balaban J connectivity index is 2.74. The molecule has 114 valence electrons. The Kier molecular flexibility index (Phi) is 3.52. The third-order valence-corrected chi connectivity index (χ3v) is 5.37. The molecular formula is C15H23N4O2+. The second-order valence-electron chi connectivity index (χ2n) is 5.53. The average Bonchev–Trinajstić information content (AvgIpc) is 2.97. The molecule has 0 aromatic carbocycles. The number of hydrogen-bond acceptors (Lipinski definition) is 5. The number of hydrogen-bond donors (Lipinski definition) is 2. The smallest absolute Gasteiger partial charge is 0.314 e. The van der Waals surface area contributed by atoms with Gasteiger partial charge in [-0.2, -0.15) is 10.5 Å². The first kappa shape index (κ1) is 15.8. The Labute approximate surface area is 125 Å². The Morgan fingerprint density at radius 2 is 1.57 bits per heavy atom. The summed E-state index contributed by atoms with van der Waals surface area (Å²) in [6.07, 6.45) is 1.32. The van der Waals surface area contributed by atoms with E-state index in [1.54, 1.807) is 0 Å². The largest absolute Gasteiger partial charge is 0.343 e. The van der Waals surface area contributed by atoms with Gasteiger partial charge in [0.25, 0.3) is 5.84 Å². The summed E-state index contributed by atoms with van der Waals surface area (Å²) in [6.45, 7) is 8.34. The van der Waals surface area contributed by atoms with Gasteiger partial charge in [-0.15, -0.1) is 0 Å². The van der Waals surface area contributed by atoms with Crippen LogP contribution in [-0.4, -0.2) is 25.0 Å². The van der Waals surface area contributed by atoms with Crippen LogP contribution < -0.4 is 10.7 Å². The van der Waals surface area contributed by atoms with E-state index in [-0.39, 0.29) is 5.84 Å². The van der Waals surface area contributed by atoms with Crippen LogP contribution in [0.3, 0.4) is 0 Å². The van der Waals surface area contributed by atoms with Gasteiger partial charge in [-0.05, 0) is 26.7 Å². The van der Waals surface area contributed by atoms with Crippen molar-refractivity contribution in [1.29, 1.82) is 10.5 Å². The van der Waals surface area contributed by atoms with E-state index in [9.17, 15) is 10.5 Å². The molecule has 0 aromatic rings. The highest BCUT2D eigenvalue weighted by atomic mass is 16.7. The summed E-state index contributed by atoms with van der Waals surface area (Å²) in [7, 11) is 0. The Morgan fingerprint density at radius 1 is 1.05 bits per heavy atom. The summed E-state index contributed by atoms with van der Waals surface area (Å²) in [5.74, 6) is -1.06. The van der Waals surface area contributed by atoms with Crippen molar-refractivity contribution in [2.75, 3.05) is 13.2 Å². The number of nitrogens with zero attached hydrogens (tertiary/aromatic N) is 2. The van der Waals surface area contributed by atoms with Gasteiger partial charge in [0, 0.05) is 5.41 Å². The van der Waals surface area contributed by atoms with E-state index in [2.05, 4.69) is 17.1 Å². The fourth-order valence-corrected chi connectivity index (χ4v) is 4.64. The number of nitriles is 2. The van der Waals surface area contributed by atoms with E-state index in [1.165, 1.54) is 0 Å². The molecule has 1 heterocycles. The van der Waals surface area contributed by atoms with Crippen LogP contribution in [0.25, 0.3) is 0 Å². The van der Waals surface area contributed by atoms with Gasteiger partial charge >= 0.3 is 5.91 Å². The van der Waals surface area contributed by atoms with E-state index in [1.807, 2.05) is 27.7 Å². The molecule has 2 rings (SSSR count). The second-order valence-corrected chi connectivity index (χ2v) is 5.53. The number of ether oxygens (including phenoxy) is 2. The molecule has 6 heteroatoms. The van der Waals surface area contributed by atoms with Gasteiger partial charge in [0.1, 0.15) is 0 Å². The van der Waals surface area contributed by atoms with Gasteiger partial charge in [0.05, 0.1) is 25.4 Å². The van der Waals surface area contributed by atoms with Gasteiger partial charge in [-0.25, -0.2) is 4.99 Å². The lowest BCUT2D eigenvalue weighted by atomic mass is 9.85. The number of amidine groups is 1. The molecule has 2 atom stereocenters. The van der Waals surface area contributed by atoms with Crippen molar-refractivity contribution in [2.24, 2.45) is 22.0 Å². The molecule has 0 bridgehead atoms. The standard InChI is InChI=1S/C15H22N4O2/c1-5-12(6-2)13(9-16)11(18)19-15(20-7-3,21-8-4)14(12,13)10-17/h5-8H2,1-4H3,(H2,18,19)/p+1/t13-,14+/m0/s1. The maximum absolute atomic E-state index is 10.00. The number of rotatable bonds is 6. The molecule has 0 aromatic heterocycles. The zero-order chi connectivity index (χ0) is 15.9. The lowest BCUT2D eigenvalue weighted by Crippen LogP contribution is -2.91. The third-order valence-electron chi connectivity index (χ3n) is 5.37. The highest BCUT2D eigenvalue weighted by Crippen LogP contribution is 2.84. The van der Waals surface area contributed by atoms with E-state index >= 15 is 0 Å². The third kappa shape index (κ3) is 1.23. The minimum absolute atomic E-state index is 0.289. The van der Waals surface area contributed by atoms with E-state index in [4.69, 9.17) is 15.2 Å². The second kappa shape index (κ2) is 4.69. The Morgan fingerprint density at radius 3 is 1.86 bits per heavy atom. The SMILES string of the molecule is CCOC1(OCC)[NH+]=C(N)[C@@]2(C#N)C(CC)(CC)[C@@]12C#N. The predicted octanol–water partition coefficient (Wildman–Crippen LogP) is 0.00456. The lowest BCUT2D eigenvalue weighted by Gasteiger charge is -2.32. The average molecular weight is 291 g/mol. The maximum atomic E-state index is 10.00. The molecule has 21 heavy (non-hydrogen) atoms. The van der Waals surface area contributed by atoms with Crippen LogP contribution in [0.1, 0.15) is 40.5 Å². The summed E-state index contributed by atoms with van der Waals surface area (Å²) in [4.78, 5) is 2.98. The molecule has 0 saturated heterocycles. The molecule has 2 aliphatic rings. The lowest BCUT2D eigenvalue weighted by molar-refractivity contribution is -0.695. The first-order valence-corrected chi connectivity index (χ1v) is 7.51. The van der Waals surface area contributed by atoms with Crippen LogP contribution in [0, 0.1) is 38.9 Å². The van der Waals surface area contributed by atoms with Gasteiger partial charge in [-0.1, -0.05) is 13.8 Å². The number of fused-ring (bicyclic) bond motifs is 1. The van der Waals surface area contributed by atoms with Crippen molar-refractivity contribution in [1.82, 2.24) is 0 Å². The van der Waals surface area contributed by atoms with Gasteiger partial charge in [-0.3, -0.25) is 5.73 Å². The van der Waals surface area contributed by atoms with Crippen molar-refractivity contribution < 1.29 is 14.5 Å². The van der Waals surface area contributed by atoms with Gasteiger partial charge < -0.3 is 9.47 Å². The summed E-state index contributed by atoms with van der Waals surface area (Å²) < 4.78 is 11.7. The van der Waals surface area contributed by atoms with Gasteiger partial charge in [0.2, 0.25) is 0 Å². The first-order chi connectivity index (χ1) is 9.99. The zero-order valence-corrected chi connectivity index (χ0v) is 13.1. The summed E-state index contributed by atoms with van der Waals surface area (Å²) in [6, 6.07) is 4.67. The van der Waals surface area contributed by atoms with Crippen LogP contribution in [0.4, 0.5) is 0 Å². The van der Waals surface area contributed by atoms with Crippen molar-refractivity contribution in [2.45, 2.75) is 46.4 Å². The number of nitrogens with one attached hydrogen (secondary N) is 1. The molecule has 3 N–H and O–H groups in total. The number of nitrogens with two attached hydrogens (primary N) is 1. The molecule has 0 unspecified atom stereocenters. The van der Waals surface area contributed by atoms with E-state index < -0.39 is 22.2 Å². The molecule has 0 amide bonds. The van der Waals surface area contributed by atoms with E-state index in [0.29, 0.717) is 26.1 Å². The molecule has 0 radical (unpaired) electrons. The minimum atomic E-state index is -1.35. The Bertz CT molecular complexity index is 549. The summed E-state index contributed by atoms with van der Waals surface area (Å²) >= 11 is 0. The van der Waals surface area contributed by atoms with Crippen molar-refractivity contribution in [3.63, 3.8) is 0 Å². The van der Waals surface area contributed by atoms with Crippen LogP contribution in [-0.2, 0) is 9.47 Å². The fraction of sp³-hybridized carbons (Fsp3) is 0.800. The predicted molar refractivity (Wildman–Crippen MR) is 75.2 cm³/mol. The maximum Gasteiger partial charge on any atom is 0.343 e. The highest BCUT2D eigenvalue weighted by molar-refractivity contribution is 5.94. The monoisotopic (exact) mass is 291 g/mol. The fourth-order valence-electron chi connectivity index (χ4n) is 4.64. The molecular weight excluding hydrogens is 268 g/mol. The van der Waals surface area contributed by atoms with Crippen molar-refractivity contribution in [3.05, 3.63) is 0 Å². The Hall–Kier alpha value is -1.63.